The first-order valence-electron chi connectivity index (χ1n) is 4.11. The smallest absolute Gasteiger partial charge is 0.303 e. The molecule has 1 aliphatic carbocycles. The van der Waals surface area contributed by atoms with E-state index in [9.17, 15) is 18.0 Å². The second-order valence-corrected chi connectivity index (χ2v) is 4.43. The molecule has 1 saturated carbocycles. The molecule has 5 heteroatoms. The number of aldehydes is 1. The van der Waals surface area contributed by atoms with E-state index in [1.54, 1.807) is 13.8 Å². The van der Waals surface area contributed by atoms with Gasteiger partial charge in [-0.25, -0.2) is 0 Å². The van der Waals surface area contributed by atoms with Gasteiger partial charge in [-0.05, 0) is 11.3 Å². The lowest BCUT2D eigenvalue weighted by Gasteiger charge is -2.04. The molecular weight excluding hydrogens is 217 g/mol. The Morgan fingerprint density at radius 1 is 1.36 bits per heavy atom. The molecule has 0 bridgehead atoms. The van der Waals surface area contributed by atoms with Crippen LogP contribution in [0.3, 0.4) is 0 Å². The third-order valence-corrected chi connectivity index (χ3v) is 3.08. The van der Waals surface area contributed by atoms with Crippen molar-refractivity contribution in [3.8, 4) is 0 Å². The van der Waals surface area contributed by atoms with E-state index < -0.39 is 22.5 Å². The van der Waals surface area contributed by atoms with E-state index in [-0.39, 0.29) is 5.92 Å². The minimum atomic E-state index is -4.51. The molecule has 0 unspecified atom stereocenters. The maximum Gasteiger partial charge on any atom is 0.426 e. The minimum absolute atomic E-state index is 0.349. The summed E-state index contributed by atoms with van der Waals surface area (Å²) in [6, 6.07) is 0. The van der Waals surface area contributed by atoms with Crippen LogP contribution < -0.4 is 0 Å². The molecule has 0 N–H and O–H groups in total. The van der Waals surface area contributed by atoms with E-state index >= 15 is 0 Å². The van der Waals surface area contributed by atoms with Gasteiger partial charge in [-0.1, -0.05) is 31.5 Å². The SMILES string of the molecule is CC1(C)[C@H](C=O)[C@H]1/C=C(\Cl)C(F)(F)F. The molecule has 0 radical (unpaired) electrons. The zero-order valence-corrected chi connectivity index (χ0v) is 8.49. The predicted molar refractivity (Wildman–Crippen MR) is 46.8 cm³/mol. The van der Waals surface area contributed by atoms with Gasteiger partial charge in [0.15, 0.2) is 0 Å². The topological polar surface area (TPSA) is 17.1 Å². The van der Waals surface area contributed by atoms with Crippen LogP contribution in [0.5, 0.6) is 0 Å². The third kappa shape index (κ3) is 1.95. The molecule has 80 valence electrons. The van der Waals surface area contributed by atoms with Crippen LogP contribution in [0, 0.1) is 17.3 Å². The summed E-state index contributed by atoms with van der Waals surface area (Å²) in [5.41, 5.74) is -0.396. The molecule has 0 aromatic carbocycles. The Morgan fingerprint density at radius 2 is 1.86 bits per heavy atom. The fraction of sp³-hybridized carbons (Fsp3) is 0.667. The Balaban J connectivity index is 2.77. The monoisotopic (exact) mass is 226 g/mol. The summed E-state index contributed by atoms with van der Waals surface area (Å²) in [5, 5.41) is -1.14. The van der Waals surface area contributed by atoms with E-state index in [4.69, 9.17) is 11.6 Å². The van der Waals surface area contributed by atoms with Crippen LogP contribution in [0.1, 0.15) is 13.8 Å². The van der Waals surface area contributed by atoms with Gasteiger partial charge in [0.2, 0.25) is 0 Å². The lowest BCUT2D eigenvalue weighted by Crippen LogP contribution is -2.07. The standard InChI is InChI=1S/C9H10ClF3O/c1-8(2)5(6(8)4-14)3-7(10)9(11,12)13/h3-6H,1-2H3/b7-3-/t5-,6-/m1/s1. The van der Waals surface area contributed by atoms with Crippen molar-refractivity contribution in [1.29, 1.82) is 0 Å². The fourth-order valence-electron chi connectivity index (χ4n) is 1.55. The van der Waals surface area contributed by atoms with Crippen LogP contribution in [0.25, 0.3) is 0 Å². The van der Waals surface area contributed by atoms with E-state index in [0.717, 1.165) is 6.08 Å². The number of rotatable bonds is 2. The molecule has 0 amide bonds. The highest BCUT2D eigenvalue weighted by Crippen LogP contribution is 2.58. The number of alkyl halides is 3. The molecular formula is C9H10ClF3O. The Morgan fingerprint density at radius 3 is 2.14 bits per heavy atom. The third-order valence-electron chi connectivity index (χ3n) is 2.74. The van der Waals surface area contributed by atoms with Crippen LogP contribution in [0.15, 0.2) is 11.1 Å². The van der Waals surface area contributed by atoms with Crippen LogP contribution >= 0.6 is 11.6 Å². The summed E-state index contributed by atoms with van der Waals surface area (Å²) in [5.74, 6) is -0.743. The summed E-state index contributed by atoms with van der Waals surface area (Å²) in [7, 11) is 0. The van der Waals surface area contributed by atoms with Gasteiger partial charge in [0, 0.05) is 5.92 Å². The van der Waals surface area contributed by atoms with Gasteiger partial charge in [-0.3, -0.25) is 0 Å². The Hall–Kier alpha value is -0.510. The van der Waals surface area contributed by atoms with Crippen LogP contribution in [-0.2, 0) is 4.79 Å². The average molecular weight is 227 g/mol. The molecule has 0 saturated heterocycles. The lowest BCUT2D eigenvalue weighted by atomic mass is 10.1. The van der Waals surface area contributed by atoms with Crippen LogP contribution in [0.2, 0.25) is 0 Å². The number of carbonyl (C=O) groups excluding carboxylic acids is 1. The maximum atomic E-state index is 12.0. The first-order valence-corrected chi connectivity index (χ1v) is 4.49. The zero-order chi connectivity index (χ0) is 11.1. The van der Waals surface area contributed by atoms with Crippen molar-refractivity contribution in [1.82, 2.24) is 0 Å². The highest BCUT2D eigenvalue weighted by molar-refractivity contribution is 6.30. The summed E-state index contributed by atoms with van der Waals surface area (Å²) < 4.78 is 36.1. The van der Waals surface area contributed by atoms with Crippen molar-refractivity contribution in [3.05, 3.63) is 11.1 Å². The van der Waals surface area contributed by atoms with E-state index in [1.165, 1.54) is 0 Å². The summed E-state index contributed by atoms with van der Waals surface area (Å²) in [4.78, 5) is 10.5. The number of carbonyl (C=O) groups is 1. The predicted octanol–water partition coefficient (Wildman–Crippen LogP) is 3.14. The van der Waals surface area contributed by atoms with Gasteiger partial charge in [-0.15, -0.1) is 0 Å². The van der Waals surface area contributed by atoms with Gasteiger partial charge in [-0.2, -0.15) is 13.2 Å². The average Bonchev–Trinajstić information content (AvgIpc) is 2.51. The molecule has 1 nitrogen and oxygen atoms in total. The molecule has 0 aliphatic heterocycles. The van der Waals surface area contributed by atoms with Crippen molar-refractivity contribution in [2.45, 2.75) is 20.0 Å². The van der Waals surface area contributed by atoms with Crippen molar-refractivity contribution in [2.75, 3.05) is 0 Å². The fourth-order valence-corrected chi connectivity index (χ4v) is 1.68. The van der Waals surface area contributed by atoms with Gasteiger partial charge in [0.25, 0.3) is 0 Å². The van der Waals surface area contributed by atoms with Gasteiger partial charge in [0.1, 0.15) is 11.3 Å². The molecule has 14 heavy (non-hydrogen) atoms. The summed E-state index contributed by atoms with van der Waals surface area (Å²) in [6.07, 6.45) is -2.89. The Kier molecular flexibility index (Phi) is 2.69. The maximum absolute atomic E-state index is 12.0. The molecule has 0 aromatic heterocycles. The highest BCUT2D eigenvalue weighted by atomic mass is 35.5. The zero-order valence-electron chi connectivity index (χ0n) is 7.73. The van der Waals surface area contributed by atoms with Gasteiger partial charge < -0.3 is 4.79 Å². The molecule has 1 aliphatic rings. The number of halogens is 4. The van der Waals surface area contributed by atoms with E-state index in [0.29, 0.717) is 6.29 Å². The minimum Gasteiger partial charge on any atom is -0.303 e. The second kappa shape index (κ2) is 3.26. The highest BCUT2D eigenvalue weighted by Gasteiger charge is 2.57. The molecule has 1 rings (SSSR count). The Bertz CT molecular complexity index is 280. The van der Waals surface area contributed by atoms with Gasteiger partial charge in [0.05, 0.1) is 0 Å². The number of hydrogen-bond acceptors (Lipinski definition) is 1. The lowest BCUT2D eigenvalue weighted by molar-refractivity contribution is -0.109. The first kappa shape index (κ1) is 11.6. The molecule has 0 spiro atoms. The largest absolute Gasteiger partial charge is 0.426 e. The van der Waals surface area contributed by atoms with Crippen LogP contribution in [0.4, 0.5) is 13.2 Å². The summed E-state index contributed by atoms with van der Waals surface area (Å²) in [6.45, 7) is 3.49. The molecule has 1 fully saturated rings. The Labute approximate surface area is 84.9 Å². The number of allylic oxidation sites excluding steroid dienone is 2. The van der Waals surface area contributed by atoms with Crippen molar-refractivity contribution in [2.24, 2.45) is 17.3 Å². The van der Waals surface area contributed by atoms with Crippen LogP contribution in [-0.4, -0.2) is 12.5 Å². The normalized spacial score (nSPS) is 31.4. The van der Waals surface area contributed by atoms with Crippen molar-refractivity contribution < 1.29 is 18.0 Å². The van der Waals surface area contributed by atoms with Crippen molar-refractivity contribution >= 4 is 17.9 Å². The molecule has 0 aromatic rings. The number of hydrogen-bond donors (Lipinski definition) is 0. The first-order chi connectivity index (χ1) is 6.21. The quantitative estimate of drug-likeness (QED) is 0.661. The molecule has 0 heterocycles. The summed E-state index contributed by atoms with van der Waals surface area (Å²) >= 11 is 5.06. The molecule has 2 atom stereocenters. The van der Waals surface area contributed by atoms with Crippen molar-refractivity contribution in [3.63, 3.8) is 0 Å². The second-order valence-electron chi connectivity index (χ2n) is 4.02. The van der Waals surface area contributed by atoms with Gasteiger partial charge >= 0.3 is 6.18 Å². The van der Waals surface area contributed by atoms with E-state index in [1.807, 2.05) is 0 Å². The van der Waals surface area contributed by atoms with E-state index in [2.05, 4.69) is 0 Å².